The van der Waals surface area contributed by atoms with Crippen LogP contribution in [0.2, 0.25) is 0 Å². The lowest BCUT2D eigenvalue weighted by atomic mass is 10.0. The fourth-order valence-corrected chi connectivity index (χ4v) is 5.18. The largest absolute Gasteiger partial charge is 0.495 e. The Labute approximate surface area is 195 Å². The van der Waals surface area contributed by atoms with Crippen molar-refractivity contribution in [3.63, 3.8) is 0 Å². The van der Waals surface area contributed by atoms with E-state index in [1.807, 2.05) is 25.1 Å². The van der Waals surface area contributed by atoms with Crippen LogP contribution in [0.4, 0.5) is 5.69 Å². The molecule has 33 heavy (non-hydrogen) atoms. The van der Waals surface area contributed by atoms with E-state index in [4.69, 9.17) is 14.2 Å². The Balaban J connectivity index is 1.80. The van der Waals surface area contributed by atoms with Crippen molar-refractivity contribution in [1.82, 2.24) is 4.31 Å². The highest BCUT2D eigenvalue weighted by atomic mass is 32.2. The molecule has 2 aromatic carbocycles. The minimum Gasteiger partial charge on any atom is -0.495 e. The van der Waals surface area contributed by atoms with Crippen LogP contribution in [0.5, 0.6) is 11.5 Å². The van der Waals surface area contributed by atoms with Crippen LogP contribution in [-0.2, 0) is 19.6 Å². The smallest absolute Gasteiger partial charge is 0.265 e. The third-order valence-corrected chi connectivity index (χ3v) is 7.40. The second kappa shape index (κ2) is 10.5. The van der Waals surface area contributed by atoms with E-state index in [2.05, 4.69) is 19.2 Å². The lowest BCUT2D eigenvalue weighted by molar-refractivity contribution is -0.122. The number of nitrogens with one attached hydrogen (secondary N) is 1. The van der Waals surface area contributed by atoms with Gasteiger partial charge in [0.15, 0.2) is 6.10 Å². The molecule has 2 aromatic rings. The Hall–Kier alpha value is -2.62. The second-order valence-corrected chi connectivity index (χ2v) is 10.2. The van der Waals surface area contributed by atoms with Crippen LogP contribution < -0.4 is 14.8 Å². The summed E-state index contributed by atoms with van der Waals surface area (Å²) in [6, 6.07) is 10.5. The summed E-state index contributed by atoms with van der Waals surface area (Å²) < 4.78 is 44.2. The van der Waals surface area contributed by atoms with E-state index in [9.17, 15) is 13.2 Å². The van der Waals surface area contributed by atoms with Crippen LogP contribution in [0.3, 0.4) is 0 Å². The van der Waals surface area contributed by atoms with E-state index >= 15 is 0 Å². The van der Waals surface area contributed by atoms with E-state index in [-0.39, 0.29) is 35.6 Å². The summed E-state index contributed by atoms with van der Waals surface area (Å²) in [4.78, 5) is 12.9. The molecule has 0 radical (unpaired) electrons. The van der Waals surface area contributed by atoms with Crippen molar-refractivity contribution < 1.29 is 27.4 Å². The van der Waals surface area contributed by atoms with Gasteiger partial charge in [-0.05, 0) is 55.2 Å². The van der Waals surface area contributed by atoms with Crippen LogP contribution in [-0.4, -0.2) is 58.1 Å². The fraction of sp³-hybridized carbons (Fsp3) is 0.458. The van der Waals surface area contributed by atoms with Crippen LogP contribution >= 0.6 is 0 Å². The summed E-state index contributed by atoms with van der Waals surface area (Å²) in [5.41, 5.74) is 2.40. The Morgan fingerprint density at radius 3 is 2.39 bits per heavy atom. The molecule has 180 valence electrons. The molecule has 0 aliphatic carbocycles. The van der Waals surface area contributed by atoms with Gasteiger partial charge < -0.3 is 19.5 Å². The average Bonchev–Trinajstić information content (AvgIpc) is 2.79. The Bertz CT molecular complexity index is 1090. The molecule has 1 fully saturated rings. The number of ether oxygens (including phenoxy) is 3. The maximum Gasteiger partial charge on any atom is 0.265 e. The third-order valence-electron chi connectivity index (χ3n) is 5.48. The molecule has 1 saturated heterocycles. The Morgan fingerprint density at radius 1 is 1.06 bits per heavy atom. The van der Waals surface area contributed by atoms with Crippen molar-refractivity contribution in [2.45, 2.75) is 44.6 Å². The van der Waals surface area contributed by atoms with Gasteiger partial charge in [-0.1, -0.05) is 26.0 Å². The first-order valence-electron chi connectivity index (χ1n) is 11.0. The monoisotopic (exact) mass is 476 g/mol. The van der Waals surface area contributed by atoms with Gasteiger partial charge in [-0.25, -0.2) is 8.42 Å². The van der Waals surface area contributed by atoms with Crippen LogP contribution in [0.25, 0.3) is 0 Å². The molecular formula is C24H32N2O6S. The Morgan fingerprint density at radius 2 is 1.76 bits per heavy atom. The molecule has 1 amide bonds. The number of aryl methyl sites for hydroxylation is 1. The van der Waals surface area contributed by atoms with Gasteiger partial charge in [-0.3, -0.25) is 4.79 Å². The first-order valence-corrected chi connectivity index (χ1v) is 12.4. The zero-order chi connectivity index (χ0) is 24.2. The molecule has 0 unspecified atom stereocenters. The number of hydrogen-bond donors (Lipinski definition) is 1. The van der Waals surface area contributed by atoms with Gasteiger partial charge >= 0.3 is 0 Å². The lowest BCUT2D eigenvalue weighted by Crippen LogP contribution is -2.40. The van der Waals surface area contributed by atoms with E-state index in [0.717, 1.165) is 11.1 Å². The number of benzene rings is 2. The van der Waals surface area contributed by atoms with Gasteiger partial charge in [0.1, 0.15) is 16.4 Å². The minimum atomic E-state index is -3.81. The summed E-state index contributed by atoms with van der Waals surface area (Å²) in [6.07, 6.45) is -0.786. The predicted molar refractivity (Wildman–Crippen MR) is 127 cm³/mol. The number of methoxy groups -OCH3 is 1. The number of morpholine rings is 1. The average molecular weight is 477 g/mol. The highest BCUT2D eigenvalue weighted by molar-refractivity contribution is 7.89. The van der Waals surface area contributed by atoms with Crippen molar-refractivity contribution in [3.05, 3.63) is 47.5 Å². The first-order chi connectivity index (χ1) is 15.6. The number of rotatable bonds is 8. The standard InChI is InChI=1S/C24H32N2O6S/c1-16(2)20-8-6-17(3)14-22(20)32-18(4)24(27)25-19-7-9-21(30-5)23(15-19)33(28,29)26-10-12-31-13-11-26/h6-9,14-16,18H,10-13H2,1-5H3,(H,25,27)/t18-/m1/s1. The molecule has 1 aliphatic rings. The van der Waals surface area contributed by atoms with Crippen LogP contribution in [0.1, 0.15) is 37.8 Å². The Kier molecular flexibility index (Phi) is 7.99. The summed E-state index contributed by atoms with van der Waals surface area (Å²) in [5.74, 6) is 0.736. The van der Waals surface area contributed by atoms with Crippen molar-refractivity contribution in [2.75, 3.05) is 38.7 Å². The lowest BCUT2D eigenvalue weighted by Gasteiger charge is -2.27. The molecule has 1 atom stereocenters. The number of amides is 1. The van der Waals surface area contributed by atoms with Crippen molar-refractivity contribution in [2.24, 2.45) is 0 Å². The van der Waals surface area contributed by atoms with Gasteiger partial charge in [-0.2, -0.15) is 4.31 Å². The molecule has 0 bridgehead atoms. The van der Waals surface area contributed by atoms with Gasteiger partial charge in [0.25, 0.3) is 5.91 Å². The third kappa shape index (κ3) is 5.85. The zero-order valence-corrected chi connectivity index (χ0v) is 20.6. The molecule has 0 saturated carbocycles. The van der Waals surface area contributed by atoms with Gasteiger partial charge in [0.05, 0.1) is 20.3 Å². The highest BCUT2D eigenvalue weighted by Crippen LogP contribution is 2.31. The molecular weight excluding hydrogens is 444 g/mol. The number of sulfonamides is 1. The maximum atomic E-state index is 13.2. The second-order valence-electron chi connectivity index (χ2n) is 8.33. The summed E-state index contributed by atoms with van der Waals surface area (Å²) >= 11 is 0. The number of carbonyl (C=O) groups excluding carboxylic acids is 1. The minimum absolute atomic E-state index is 0.000880. The molecule has 3 rings (SSSR count). The topological polar surface area (TPSA) is 94.2 Å². The fourth-order valence-electron chi connectivity index (χ4n) is 3.59. The molecule has 0 spiro atoms. The van der Waals surface area contributed by atoms with E-state index in [1.54, 1.807) is 13.0 Å². The molecule has 9 heteroatoms. The first kappa shape index (κ1) is 25.0. The highest BCUT2D eigenvalue weighted by Gasteiger charge is 2.30. The van der Waals surface area contributed by atoms with Crippen molar-refractivity contribution in [3.8, 4) is 11.5 Å². The van der Waals surface area contributed by atoms with Crippen molar-refractivity contribution >= 4 is 21.6 Å². The molecule has 1 N–H and O–H groups in total. The zero-order valence-electron chi connectivity index (χ0n) is 19.8. The number of anilines is 1. The SMILES string of the molecule is COc1ccc(NC(=O)[C@@H](C)Oc2cc(C)ccc2C(C)C)cc1S(=O)(=O)N1CCOCC1. The van der Waals surface area contributed by atoms with Gasteiger partial charge in [-0.15, -0.1) is 0 Å². The number of hydrogen-bond acceptors (Lipinski definition) is 6. The molecule has 1 aliphatic heterocycles. The molecule has 0 aromatic heterocycles. The molecule has 1 heterocycles. The van der Waals surface area contributed by atoms with E-state index < -0.39 is 16.1 Å². The maximum absolute atomic E-state index is 13.2. The van der Waals surface area contributed by atoms with Gasteiger partial charge in [0, 0.05) is 18.8 Å². The normalized spacial score (nSPS) is 15.8. The van der Waals surface area contributed by atoms with Crippen LogP contribution in [0.15, 0.2) is 41.3 Å². The van der Waals surface area contributed by atoms with E-state index in [0.29, 0.717) is 24.7 Å². The number of carbonyl (C=O) groups is 1. The summed E-state index contributed by atoms with van der Waals surface area (Å²) in [5, 5.41) is 2.76. The number of nitrogens with zero attached hydrogens (tertiary/aromatic N) is 1. The van der Waals surface area contributed by atoms with Crippen molar-refractivity contribution in [1.29, 1.82) is 0 Å². The summed E-state index contributed by atoms with van der Waals surface area (Å²) in [6.45, 7) is 8.97. The van der Waals surface area contributed by atoms with Crippen LogP contribution in [0, 0.1) is 6.92 Å². The van der Waals surface area contributed by atoms with Gasteiger partial charge in [0.2, 0.25) is 10.0 Å². The quantitative estimate of drug-likeness (QED) is 0.626. The predicted octanol–water partition coefficient (Wildman–Crippen LogP) is 3.55. The summed E-state index contributed by atoms with van der Waals surface area (Å²) in [7, 11) is -2.39. The van der Waals surface area contributed by atoms with E-state index in [1.165, 1.54) is 23.5 Å². The molecule has 8 nitrogen and oxygen atoms in total.